The molecule has 1 heterocycles. The second kappa shape index (κ2) is 4.16. The number of aromatic nitrogens is 2. The average Bonchev–Trinajstić information content (AvgIpc) is 2.61. The van der Waals surface area contributed by atoms with E-state index in [1.54, 1.807) is 11.7 Å². The minimum absolute atomic E-state index is 0.101. The molecular formula is C13H15F2N3O. The van der Waals surface area contributed by atoms with Crippen molar-refractivity contribution in [1.82, 2.24) is 9.55 Å². The van der Waals surface area contributed by atoms with Crippen LogP contribution >= 0.6 is 0 Å². The van der Waals surface area contributed by atoms with E-state index < -0.39 is 11.6 Å². The van der Waals surface area contributed by atoms with Gasteiger partial charge in [0.1, 0.15) is 11.3 Å². The summed E-state index contributed by atoms with van der Waals surface area (Å²) in [6, 6.07) is 2.07. The number of nitrogens with two attached hydrogens (primary N) is 1. The van der Waals surface area contributed by atoms with Crippen LogP contribution in [0.1, 0.15) is 19.3 Å². The average molecular weight is 267 g/mol. The standard InChI is InChI=1S/C13H15F2N3O/c1-19-13(3-2-4-13)7-18-10-6-8(14)5-9(15)11(10)17-12(18)16/h5-6H,2-4,7H2,1H3,(H2,16,17). The number of ether oxygens (including phenoxy) is 1. The number of methoxy groups -OCH3 is 1. The van der Waals surface area contributed by atoms with Crippen molar-refractivity contribution in [3.63, 3.8) is 0 Å². The fraction of sp³-hybridized carbons (Fsp3) is 0.462. The molecule has 1 fully saturated rings. The smallest absolute Gasteiger partial charge is 0.201 e. The quantitative estimate of drug-likeness (QED) is 0.929. The first-order chi connectivity index (χ1) is 9.04. The number of nitrogens with zero attached hydrogens (tertiary/aromatic N) is 2. The minimum Gasteiger partial charge on any atom is -0.376 e. The van der Waals surface area contributed by atoms with Gasteiger partial charge in [-0.1, -0.05) is 0 Å². The lowest BCUT2D eigenvalue weighted by Gasteiger charge is -2.40. The van der Waals surface area contributed by atoms with E-state index in [1.165, 1.54) is 6.07 Å². The second-order valence-corrected chi connectivity index (χ2v) is 5.05. The van der Waals surface area contributed by atoms with Gasteiger partial charge in [0.25, 0.3) is 0 Å². The summed E-state index contributed by atoms with van der Waals surface area (Å²) in [7, 11) is 1.65. The van der Waals surface area contributed by atoms with Crippen LogP contribution in [0, 0.1) is 11.6 Å². The highest BCUT2D eigenvalue weighted by molar-refractivity contribution is 5.79. The molecule has 2 aromatic rings. The number of rotatable bonds is 3. The first kappa shape index (κ1) is 12.3. The number of nitrogen functional groups attached to an aromatic ring is 1. The molecule has 1 aromatic heterocycles. The predicted octanol–water partition coefficient (Wildman–Crippen LogP) is 2.47. The number of benzene rings is 1. The molecule has 0 aliphatic heterocycles. The molecule has 2 N–H and O–H groups in total. The summed E-state index contributed by atoms with van der Waals surface area (Å²) in [5, 5.41) is 0. The van der Waals surface area contributed by atoms with Gasteiger partial charge in [0.15, 0.2) is 5.82 Å². The normalized spacial score (nSPS) is 17.6. The number of hydrogen-bond donors (Lipinski definition) is 1. The van der Waals surface area contributed by atoms with Crippen LogP contribution in [0.15, 0.2) is 12.1 Å². The van der Waals surface area contributed by atoms with Gasteiger partial charge in [-0.2, -0.15) is 0 Å². The summed E-state index contributed by atoms with van der Waals surface area (Å²) in [6.45, 7) is 0.467. The van der Waals surface area contributed by atoms with Gasteiger partial charge in [-0.25, -0.2) is 13.8 Å². The van der Waals surface area contributed by atoms with Crippen LogP contribution in [-0.2, 0) is 11.3 Å². The predicted molar refractivity (Wildman–Crippen MR) is 67.7 cm³/mol. The van der Waals surface area contributed by atoms with Gasteiger partial charge in [0.2, 0.25) is 5.95 Å². The lowest BCUT2D eigenvalue weighted by molar-refractivity contribution is -0.0824. The highest BCUT2D eigenvalue weighted by Gasteiger charge is 2.38. The summed E-state index contributed by atoms with van der Waals surface area (Å²) in [6.07, 6.45) is 2.92. The number of halogens is 2. The van der Waals surface area contributed by atoms with Crippen LogP contribution in [-0.4, -0.2) is 22.3 Å². The van der Waals surface area contributed by atoms with Crippen LogP contribution < -0.4 is 5.73 Å². The summed E-state index contributed by atoms with van der Waals surface area (Å²) in [4.78, 5) is 3.97. The van der Waals surface area contributed by atoms with Crippen LogP contribution in [0.25, 0.3) is 11.0 Å². The maximum absolute atomic E-state index is 13.6. The number of anilines is 1. The molecule has 0 saturated heterocycles. The maximum Gasteiger partial charge on any atom is 0.201 e. The number of hydrogen-bond acceptors (Lipinski definition) is 3. The highest BCUT2D eigenvalue weighted by atomic mass is 19.1. The Kier molecular flexibility index (Phi) is 2.70. The zero-order chi connectivity index (χ0) is 13.6. The first-order valence-corrected chi connectivity index (χ1v) is 6.21. The Bertz CT molecular complexity index is 629. The summed E-state index contributed by atoms with van der Waals surface area (Å²) in [5.41, 5.74) is 6.01. The zero-order valence-electron chi connectivity index (χ0n) is 10.6. The Labute approximate surface area is 109 Å². The van der Waals surface area contributed by atoms with E-state index in [2.05, 4.69) is 4.98 Å². The van der Waals surface area contributed by atoms with Crippen molar-refractivity contribution in [1.29, 1.82) is 0 Å². The van der Waals surface area contributed by atoms with E-state index in [0.717, 1.165) is 25.3 Å². The number of fused-ring (bicyclic) bond motifs is 1. The van der Waals surface area contributed by atoms with E-state index in [-0.39, 0.29) is 17.1 Å². The van der Waals surface area contributed by atoms with Gasteiger partial charge in [-0.05, 0) is 19.3 Å². The Morgan fingerprint density at radius 3 is 2.74 bits per heavy atom. The van der Waals surface area contributed by atoms with Crippen LogP contribution in [0.2, 0.25) is 0 Å². The van der Waals surface area contributed by atoms with E-state index >= 15 is 0 Å². The molecule has 0 unspecified atom stereocenters. The molecule has 0 amide bonds. The second-order valence-electron chi connectivity index (χ2n) is 5.05. The molecule has 1 aliphatic rings. The summed E-state index contributed by atoms with van der Waals surface area (Å²) >= 11 is 0. The molecule has 0 atom stereocenters. The third-order valence-corrected chi connectivity index (χ3v) is 3.95. The Morgan fingerprint density at radius 1 is 1.42 bits per heavy atom. The van der Waals surface area contributed by atoms with Crippen LogP contribution in [0.4, 0.5) is 14.7 Å². The molecule has 4 nitrogen and oxygen atoms in total. The number of imidazole rings is 1. The molecule has 0 radical (unpaired) electrons. The monoisotopic (exact) mass is 267 g/mol. The molecule has 1 aromatic carbocycles. The molecule has 19 heavy (non-hydrogen) atoms. The van der Waals surface area contributed by atoms with Crippen LogP contribution in [0.5, 0.6) is 0 Å². The van der Waals surface area contributed by atoms with Crippen molar-refractivity contribution in [3.05, 3.63) is 23.8 Å². The topological polar surface area (TPSA) is 53.1 Å². The van der Waals surface area contributed by atoms with Gasteiger partial charge in [-0.3, -0.25) is 0 Å². The maximum atomic E-state index is 13.6. The van der Waals surface area contributed by atoms with Crippen molar-refractivity contribution in [2.45, 2.75) is 31.4 Å². The van der Waals surface area contributed by atoms with Crippen molar-refractivity contribution >= 4 is 17.0 Å². The van der Waals surface area contributed by atoms with E-state index in [9.17, 15) is 8.78 Å². The fourth-order valence-electron chi connectivity index (χ4n) is 2.62. The third kappa shape index (κ3) is 1.87. The van der Waals surface area contributed by atoms with Gasteiger partial charge >= 0.3 is 0 Å². The third-order valence-electron chi connectivity index (χ3n) is 3.95. The van der Waals surface area contributed by atoms with Crippen LogP contribution in [0.3, 0.4) is 0 Å². The fourth-order valence-corrected chi connectivity index (χ4v) is 2.62. The molecule has 1 aliphatic carbocycles. The van der Waals surface area contributed by atoms with Crippen molar-refractivity contribution in [2.75, 3.05) is 12.8 Å². The SMILES string of the molecule is COC1(Cn2c(N)nc3c(F)cc(F)cc32)CCC1. The Morgan fingerprint density at radius 2 is 2.16 bits per heavy atom. The highest BCUT2D eigenvalue weighted by Crippen LogP contribution is 2.38. The van der Waals surface area contributed by atoms with E-state index in [4.69, 9.17) is 10.5 Å². The summed E-state index contributed by atoms with van der Waals surface area (Å²) in [5.74, 6) is -1.14. The van der Waals surface area contributed by atoms with Gasteiger partial charge in [0.05, 0.1) is 17.7 Å². The first-order valence-electron chi connectivity index (χ1n) is 6.21. The van der Waals surface area contributed by atoms with Crippen molar-refractivity contribution < 1.29 is 13.5 Å². The minimum atomic E-state index is -0.694. The molecule has 0 bridgehead atoms. The molecule has 0 spiro atoms. The van der Waals surface area contributed by atoms with Gasteiger partial charge in [0, 0.05) is 19.2 Å². The van der Waals surface area contributed by atoms with E-state index in [0.29, 0.717) is 12.1 Å². The molecule has 3 rings (SSSR count). The largest absolute Gasteiger partial charge is 0.376 e. The van der Waals surface area contributed by atoms with Crippen molar-refractivity contribution in [2.24, 2.45) is 0 Å². The zero-order valence-corrected chi connectivity index (χ0v) is 10.6. The van der Waals surface area contributed by atoms with Crippen molar-refractivity contribution in [3.8, 4) is 0 Å². The Hall–Kier alpha value is -1.69. The molecule has 102 valence electrons. The van der Waals surface area contributed by atoms with Gasteiger partial charge < -0.3 is 15.0 Å². The molecule has 6 heteroatoms. The Balaban J connectivity index is 2.10. The molecule has 1 saturated carbocycles. The van der Waals surface area contributed by atoms with E-state index in [1.807, 2.05) is 0 Å². The lowest BCUT2D eigenvalue weighted by Crippen LogP contribution is -2.43. The molecular weight excluding hydrogens is 252 g/mol. The lowest BCUT2D eigenvalue weighted by atomic mass is 9.80. The summed E-state index contributed by atoms with van der Waals surface area (Å²) < 4.78 is 34.1. The van der Waals surface area contributed by atoms with Gasteiger partial charge in [-0.15, -0.1) is 0 Å².